The van der Waals surface area contributed by atoms with Crippen LogP contribution in [-0.2, 0) is 13.1 Å². The van der Waals surface area contributed by atoms with Crippen LogP contribution in [0.4, 0.5) is 0 Å². The Morgan fingerprint density at radius 2 is 1.86 bits per heavy atom. The van der Waals surface area contributed by atoms with E-state index in [0.717, 1.165) is 27.6 Å². The second-order valence-corrected chi connectivity index (χ2v) is 7.55. The monoisotopic (exact) mass is 388 g/mol. The van der Waals surface area contributed by atoms with Crippen molar-refractivity contribution in [3.05, 3.63) is 100 Å². The number of aromatic nitrogens is 1. The Balaban J connectivity index is 1.62. The normalized spacial score (nSPS) is 10.8. The van der Waals surface area contributed by atoms with Crippen LogP contribution < -0.4 is 0 Å². The molecule has 1 aromatic carbocycles. The molecule has 140 valence electrons. The van der Waals surface area contributed by atoms with Gasteiger partial charge >= 0.3 is 0 Å². The van der Waals surface area contributed by atoms with Crippen molar-refractivity contribution in [3.63, 3.8) is 0 Å². The van der Waals surface area contributed by atoms with Gasteiger partial charge in [0.15, 0.2) is 0 Å². The predicted molar refractivity (Wildman–Crippen MR) is 111 cm³/mol. The molecule has 28 heavy (non-hydrogen) atoms. The smallest absolute Gasteiger partial charge is 0.256 e. The lowest BCUT2D eigenvalue weighted by atomic mass is 10.1. The zero-order chi connectivity index (χ0) is 19.3. The molecule has 0 saturated heterocycles. The Kier molecular flexibility index (Phi) is 5.35. The molecule has 3 aromatic heterocycles. The summed E-state index contributed by atoms with van der Waals surface area (Å²) in [6.07, 6.45) is 1.63. The number of carbonyl (C=O) groups is 1. The second-order valence-electron chi connectivity index (χ2n) is 6.52. The van der Waals surface area contributed by atoms with Crippen LogP contribution in [0.1, 0.15) is 26.7 Å². The zero-order valence-electron chi connectivity index (χ0n) is 15.5. The van der Waals surface area contributed by atoms with Gasteiger partial charge in [0.25, 0.3) is 5.91 Å². The Bertz CT molecular complexity index is 1010. The minimum Gasteiger partial charge on any atom is -0.467 e. The van der Waals surface area contributed by atoms with E-state index < -0.39 is 0 Å². The third kappa shape index (κ3) is 4.05. The molecule has 0 saturated carbocycles. The van der Waals surface area contributed by atoms with Crippen LogP contribution >= 0.6 is 11.3 Å². The van der Waals surface area contributed by atoms with E-state index in [2.05, 4.69) is 4.98 Å². The van der Waals surface area contributed by atoms with Crippen molar-refractivity contribution in [2.75, 3.05) is 0 Å². The van der Waals surface area contributed by atoms with Crippen molar-refractivity contribution in [1.29, 1.82) is 0 Å². The molecule has 0 radical (unpaired) electrons. The number of hydrogen-bond donors (Lipinski definition) is 0. The highest BCUT2D eigenvalue weighted by atomic mass is 32.1. The Morgan fingerprint density at radius 1 is 1.00 bits per heavy atom. The first-order valence-electron chi connectivity index (χ1n) is 9.08. The summed E-state index contributed by atoms with van der Waals surface area (Å²) in [7, 11) is 0. The van der Waals surface area contributed by atoms with Crippen molar-refractivity contribution < 1.29 is 9.21 Å². The topological polar surface area (TPSA) is 46.3 Å². The van der Waals surface area contributed by atoms with E-state index >= 15 is 0 Å². The van der Waals surface area contributed by atoms with Gasteiger partial charge in [0.2, 0.25) is 0 Å². The Morgan fingerprint density at radius 3 is 2.54 bits per heavy atom. The van der Waals surface area contributed by atoms with Crippen molar-refractivity contribution in [1.82, 2.24) is 9.88 Å². The van der Waals surface area contributed by atoms with Crippen LogP contribution in [0.5, 0.6) is 0 Å². The van der Waals surface area contributed by atoms with Crippen molar-refractivity contribution >= 4 is 17.2 Å². The number of benzene rings is 1. The lowest BCUT2D eigenvalue weighted by Gasteiger charge is -2.22. The lowest BCUT2D eigenvalue weighted by Crippen LogP contribution is -2.30. The van der Waals surface area contributed by atoms with Gasteiger partial charge in [-0.3, -0.25) is 9.78 Å². The Labute approximate surface area is 168 Å². The van der Waals surface area contributed by atoms with Crippen molar-refractivity contribution in [2.45, 2.75) is 20.0 Å². The number of pyridine rings is 1. The van der Waals surface area contributed by atoms with Gasteiger partial charge in [0, 0.05) is 10.4 Å². The molecule has 0 bridgehead atoms. The first-order chi connectivity index (χ1) is 13.7. The van der Waals surface area contributed by atoms with Gasteiger partial charge in [-0.25, -0.2) is 0 Å². The number of nitrogens with zero attached hydrogens (tertiary/aromatic N) is 2. The summed E-state index contributed by atoms with van der Waals surface area (Å²) in [4.78, 5) is 20.9. The molecule has 4 rings (SSSR count). The predicted octanol–water partition coefficient (Wildman–Crippen LogP) is 5.55. The quantitative estimate of drug-likeness (QED) is 0.435. The largest absolute Gasteiger partial charge is 0.467 e. The van der Waals surface area contributed by atoms with Crippen LogP contribution in [0.15, 0.2) is 82.8 Å². The summed E-state index contributed by atoms with van der Waals surface area (Å²) in [5.74, 6) is 0.714. The molecule has 0 spiro atoms. The summed E-state index contributed by atoms with van der Waals surface area (Å²) >= 11 is 1.64. The minimum atomic E-state index is -0.0468. The maximum atomic E-state index is 13.3. The fourth-order valence-corrected chi connectivity index (χ4v) is 3.83. The standard InChI is InChI=1S/C23H20N2O2S/c1-17-21(11-12-22(24-17)18-7-3-2-4-8-18)23(26)25(15-19-9-5-13-27-19)16-20-10-6-14-28-20/h2-14H,15-16H2,1H3. The molecule has 0 fully saturated rings. The summed E-state index contributed by atoms with van der Waals surface area (Å²) in [5.41, 5.74) is 3.24. The van der Waals surface area contributed by atoms with Gasteiger partial charge in [-0.15, -0.1) is 11.3 Å². The molecular weight excluding hydrogens is 368 g/mol. The molecule has 3 heterocycles. The Hall–Kier alpha value is -3.18. The van der Waals surface area contributed by atoms with Gasteiger partial charge in [-0.05, 0) is 42.6 Å². The van der Waals surface area contributed by atoms with Gasteiger partial charge < -0.3 is 9.32 Å². The highest BCUT2D eigenvalue weighted by Crippen LogP contribution is 2.22. The molecule has 0 aliphatic heterocycles. The summed E-state index contributed by atoms with van der Waals surface area (Å²) < 4.78 is 5.47. The SMILES string of the molecule is Cc1nc(-c2ccccc2)ccc1C(=O)N(Cc1ccco1)Cc1cccs1. The van der Waals surface area contributed by atoms with Gasteiger partial charge in [-0.2, -0.15) is 0 Å². The van der Waals surface area contributed by atoms with Crippen LogP contribution in [-0.4, -0.2) is 15.8 Å². The fourth-order valence-electron chi connectivity index (χ4n) is 3.11. The van der Waals surface area contributed by atoms with Crippen LogP contribution in [0.2, 0.25) is 0 Å². The molecule has 4 nitrogen and oxygen atoms in total. The third-order valence-electron chi connectivity index (χ3n) is 4.53. The number of rotatable bonds is 6. The molecular formula is C23H20N2O2S. The summed E-state index contributed by atoms with van der Waals surface area (Å²) in [6.45, 7) is 2.84. The molecule has 0 atom stereocenters. The molecule has 4 aromatic rings. The summed E-state index contributed by atoms with van der Waals surface area (Å²) in [6, 6.07) is 21.5. The van der Waals surface area contributed by atoms with Crippen LogP contribution in [0, 0.1) is 6.92 Å². The molecule has 0 unspecified atom stereocenters. The van der Waals surface area contributed by atoms with E-state index in [4.69, 9.17) is 4.42 Å². The van der Waals surface area contributed by atoms with Crippen LogP contribution in [0.3, 0.4) is 0 Å². The zero-order valence-corrected chi connectivity index (χ0v) is 16.4. The number of hydrogen-bond acceptors (Lipinski definition) is 4. The van der Waals surface area contributed by atoms with Crippen molar-refractivity contribution in [3.8, 4) is 11.3 Å². The average Bonchev–Trinajstić information content (AvgIpc) is 3.42. The number of carbonyl (C=O) groups excluding carboxylic acids is 1. The lowest BCUT2D eigenvalue weighted by molar-refractivity contribution is 0.0718. The van der Waals surface area contributed by atoms with E-state index in [1.807, 2.05) is 79.0 Å². The number of amides is 1. The van der Waals surface area contributed by atoms with Gasteiger partial charge in [-0.1, -0.05) is 36.4 Å². The number of thiophene rings is 1. The third-order valence-corrected chi connectivity index (χ3v) is 5.39. The van der Waals surface area contributed by atoms with Crippen molar-refractivity contribution in [2.24, 2.45) is 0 Å². The molecule has 0 aliphatic rings. The minimum absolute atomic E-state index is 0.0468. The summed E-state index contributed by atoms with van der Waals surface area (Å²) in [5, 5.41) is 2.02. The maximum absolute atomic E-state index is 13.3. The van der Waals surface area contributed by atoms with E-state index in [1.54, 1.807) is 22.5 Å². The number of aryl methyl sites for hydroxylation is 1. The fraction of sp³-hybridized carbons (Fsp3) is 0.130. The van der Waals surface area contributed by atoms with Gasteiger partial charge in [0.05, 0.1) is 36.3 Å². The second kappa shape index (κ2) is 8.23. The molecule has 1 amide bonds. The first kappa shape index (κ1) is 18.2. The highest BCUT2D eigenvalue weighted by Gasteiger charge is 2.21. The van der Waals surface area contributed by atoms with Crippen LogP contribution in [0.25, 0.3) is 11.3 Å². The number of furan rings is 1. The van der Waals surface area contributed by atoms with E-state index in [-0.39, 0.29) is 5.91 Å². The van der Waals surface area contributed by atoms with E-state index in [1.165, 1.54) is 0 Å². The first-order valence-corrected chi connectivity index (χ1v) is 9.96. The maximum Gasteiger partial charge on any atom is 0.256 e. The van der Waals surface area contributed by atoms with Gasteiger partial charge in [0.1, 0.15) is 5.76 Å². The highest BCUT2D eigenvalue weighted by molar-refractivity contribution is 7.09. The van der Waals surface area contributed by atoms with E-state index in [9.17, 15) is 4.79 Å². The molecule has 0 aliphatic carbocycles. The molecule has 5 heteroatoms. The van der Waals surface area contributed by atoms with E-state index in [0.29, 0.717) is 18.7 Å². The average molecular weight is 388 g/mol. The molecule has 0 N–H and O–H groups in total.